The molecule has 20 heavy (non-hydrogen) atoms. The first-order chi connectivity index (χ1) is 9.70. The van der Waals surface area contributed by atoms with E-state index in [1.807, 2.05) is 18.5 Å². The summed E-state index contributed by atoms with van der Waals surface area (Å²) in [5.41, 5.74) is 0.696. The molecule has 0 aliphatic rings. The molecular weight excluding hydrogens is 256 g/mol. The number of ether oxygens (including phenoxy) is 1. The molecule has 6 nitrogen and oxygen atoms in total. The van der Waals surface area contributed by atoms with E-state index in [0.717, 1.165) is 5.82 Å². The van der Waals surface area contributed by atoms with E-state index in [1.54, 1.807) is 18.5 Å². The third-order valence-corrected chi connectivity index (χ3v) is 2.53. The summed E-state index contributed by atoms with van der Waals surface area (Å²) in [6.07, 6.45) is 4.74. The zero-order chi connectivity index (χ0) is 14.4. The van der Waals surface area contributed by atoms with Crippen LogP contribution in [0.5, 0.6) is 5.75 Å². The molecule has 0 saturated carbocycles. The topological polar surface area (TPSA) is 73.1 Å². The summed E-state index contributed by atoms with van der Waals surface area (Å²) in [5.74, 6) is 6.71. The Labute approximate surface area is 117 Å². The van der Waals surface area contributed by atoms with Crippen LogP contribution < -0.4 is 4.74 Å². The summed E-state index contributed by atoms with van der Waals surface area (Å²) >= 11 is 0. The monoisotopic (exact) mass is 272 g/mol. The Bertz CT molecular complexity index is 625. The van der Waals surface area contributed by atoms with Gasteiger partial charge in [0, 0.05) is 17.8 Å². The van der Waals surface area contributed by atoms with Crippen molar-refractivity contribution in [3.05, 3.63) is 36.2 Å². The third kappa shape index (κ3) is 3.56. The highest BCUT2D eigenvalue weighted by molar-refractivity contribution is 5.36. The van der Waals surface area contributed by atoms with E-state index in [1.165, 1.54) is 6.33 Å². The van der Waals surface area contributed by atoms with Crippen molar-refractivity contribution >= 4 is 0 Å². The Balaban J connectivity index is 2.05. The minimum Gasteiger partial charge on any atom is -0.484 e. The number of aliphatic hydroxyl groups is 1. The second-order valence-corrected chi connectivity index (χ2v) is 4.37. The molecular formula is C14H16N4O2. The lowest BCUT2D eigenvalue weighted by molar-refractivity contribution is 0.281. The van der Waals surface area contributed by atoms with Crippen LogP contribution in [-0.4, -0.2) is 31.5 Å². The van der Waals surface area contributed by atoms with E-state index >= 15 is 0 Å². The van der Waals surface area contributed by atoms with Crippen LogP contribution in [0.1, 0.15) is 31.3 Å². The molecule has 0 amide bonds. The number of rotatable bonds is 4. The second-order valence-electron chi connectivity index (χ2n) is 4.37. The predicted molar refractivity (Wildman–Crippen MR) is 72.9 cm³/mol. The van der Waals surface area contributed by atoms with E-state index in [4.69, 9.17) is 9.84 Å². The van der Waals surface area contributed by atoms with Crippen LogP contribution in [0.4, 0.5) is 0 Å². The average molecular weight is 272 g/mol. The van der Waals surface area contributed by atoms with Gasteiger partial charge in [-0.15, -0.1) is 0 Å². The van der Waals surface area contributed by atoms with Crippen LogP contribution in [0, 0.1) is 11.8 Å². The zero-order valence-corrected chi connectivity index (χ0v) is 11.4. The summed E-state index contributed by atoms with van der Waals surface area (Å²) in [6, 6.07) is 2.00. The van der Waals surface area contributed by atoms with Gasteiger partial charge < -0.3 is 9.84 Å². The average Bonchev–Trinajstić information content (AvgIpc) is 2.92. The fourth-order valence-electron chi connectivity index (χ4n) is 1.66. The van der Waals surface area contributed by atoms with E-state index in [2.05, 4.69) is 26.9 Å². The minimum absolute atomic E-state index is 0.178. The summed E-state index contributed by atoms with van der Waals surface area (Å²) in [5, 5.41) is 12.8. The van der Waals surface area contributed by atoms with Crippen molar-refractivity contribution in [3.63, 3.8) is 0 Å². The standard InChI is InChI=1S/C14H16N4O2/c1-11(2)18-14(16-10-17-18)9-20-13-6-12(4-3-5-19)7-15-8-13/h6-8,10-11,19H,5,9H2,1-2H3. The van der Waals surface area contributed by atoms with Gasteiger partial charge in [0.15, 0.2) is 5.82 Å². The van der Waals surface area contributed by atoms with Gasteiger partial charge in [0.05, 0.1) is 6.20 Å². The number of aliphatic hydroxyl groups excluding tert-OH is 1. The predicted octanol–water partition coefficient (Wildman–Crippen LogP) is 1.18. The molecule has 0 saturated heterocycles. The number of aromatic nitrogens is 4. The maximum Gasteiger partial charge on any atom is 0.165 e. The quantitative estimate of drug-likeness (QED) is 0.846. The van der Waals surface area contributed by atoms with E-state index in [0.29, 0.717) is 17.9 Å². The summed E-state index contributed by atoms with van der Waals surface area (Å²) in [4.78, 5) is 8.21. The van der Waals surface area contributed by atoms with Crippen LogP contribution >= 0.6 is 0 Å². The number of hydrogen-bond acceptors (Lipinski definition) is 5. The zero-order valence-electron chi connectivity index (χ0n) is 11.4. The summed E-state index contributed by atoms with van der Waals surface area (Å²) in [7, 11) is 0. The van der Waals surface area contributed by atoms with Crippen LogP contribution in [0.25, 0.3) is 0 Å². The van der Waals surface area contributed by atoms with Gasteiger partial charge >= 0.3 is 0 Å². The Morgan fingerprint density at radius 1 is 1.40 bits per heavy atom. The van der Waals surface area contributed by atoms with Gasteiger partial charge in [0.1, 0.15) is 25.3 Å². The number of hydrogen-bond donors (Lipinski definition) is 1. The Morgan fingerprint density at radius 2 is 2.25 bits per heavy atom. The van der Waals surface area contributed by atoms with Gasteiger partial charge in [-0.2, -0.15) is 5.10 Å². The second kappa shape index (κ2) is 6.68. The van der Waals surface area contributed by atoms with Gasteiger partial charge in [-0.3, -0.25) is 4.98 Å². The lowest BCUT2D eigenvalue weighted by Crippen LogP contribution is -2.10. The van der Waals surface area contributed by atoms with E-state index < -0.39 is 0 Å². The highest BCUT2D eigenvalue weighted by Crippen LogP contribution is 2.13. The molecule has 0 aliphatic carbocycles. The first-order valence-electron chi connectivity index (χ1n) is 6.26. The van der Waals surface area contributed by atoms with Crippen molar-refractivity contribution in [2.75, 3.05) is 6.61 Å². The Kier molecular flexibility index (Phi) is 4.69. The fraction of sp³-hybridized carbons (Fsp3) is 0.357. The van der Waals surface area contributed by atoms with Crippen LogP contribution in [0.15, 0.2) is 24.8 Å². The largest absolute Gasteiger partial charge is 0.484 e. The maximum atomic E-state index is 8.66. The molecule has 6 heteroatoms. The SMILES string of the molecule is CC(C)n1ncnc1COc1cncc(C#CCO)c1. The molecule has 0 atom stereocenters. The van der Waals surface area contributed by atoms with E-state index in [-0.39, 0.29) is 12.6 Å². The van der Waals surface area contributed by atoms with Crippen molar-refractivity contribution in [2.45, 2.75) is 26.5 Å². The summed E-state index contributed by atoms with van der Waals surface area (Å²) in [6.45, 7) is 4.20. The lowest BCUT2D eigenvalue weighted by Gasteiger charge is -2.10. The first-order valence-corrected chi connectivity index (χ1v) is 6.26. The third-order valence-electron chi connectivity index (χ3n) is 2.53. The van der Waals surface area contributed by atoms with Crippen LogP contribution in [0.3, 0.4) is 0 Å². The molecule has 1 N–H and O–H groups in total. The first kappa shape index (κ1) is 14.0. The minimum atomic E-state index is -0.178. The van der Waals surface area contributed by atoms with Crippen molar-refractivity contribution in [1.29, 1.82) is 0 Å². The van der Waals surface area contributed by atoms with E-state index in [9.17, 15) is 0 Å². The highest BCUT2D eigenvalue weighted by atomic mass is 16.5. The van der Waals surface area contributed by atoms with Crippen LogP contribution in [0.2, 0.25) is 0 Å². The lowest BCUT2D eigenvalue weighted by atomic mass is 10.3. The molecule has 0 aliphatic heterocycles. The van der Waals surface area contributed by atoms with Crippen molar-refractivity contribution < 1.29 is 9.84 Å². The van der Waals surface area contributed by atoms with Crippen LogP contribution in [-0.2, 0) is 6.61 Å². The molecule has 2 aromatic rings. The molecule has 0 aromatic carbocycles. The molecule has 2 aromatic heterocycles. The van der Waals surface area contributed by atoms with Crippen molar-refractivity contribution in [1.82, 2.24) is 19.7 Å². The Hall–Kier alpha value is -2.39. The van der Waals surface area contributed by atoms with Gasteiger partial charge in [0.2, 0.25) is 0 Å². The van der Waals surface area contributed by atoms with Crippen molar-refractivity contribution in [3.8, 4) is 17.6 Å². The summed E-state index contributed by atoms with van der Waals surface area (Å²) < 4.78 is 7.45. The molecule has 0 unspecified atom stereocenters. The van der Waals surface area contributed by atoms with Gasteiger partial charge in [0.25, 0.3) is 0 Å². The Morgan fingerprint density at radius 3 is 3.00 bits per heavy atom. The smallest absolute Gasteiger partial charge is 0.165 e. The normalized spacial score (nSPS) is 10.2. The fourth-order valence-corrected chi connectivity index (χ4v) is 1.66. The molecule has 0 spiro atoms. The van der Waals surface area contributed by atoms with Crippen molar-refractivity contribution in [2.24, 2.45) is 0 Å². The molecule has 2 rings (SSSR count). The van der Waals surface area contributed by atoms with Gasteiger partial charge in [-0.05, 0) is 19.9 Å². The highest BCUT2D eigenvalue weighted by Gasteiger charge is 2.08. The molecule has 0 radical (unpaired) electrons. The maximum absolute atomic E-state index is 8.66. The molecule has 2 heterocycles. The number of pyridine rings is 1. The van der Waals surface area contributed by atoms with Gasteiger partial charge in [-0.1, -0.05) is 11.8 Å². The number of nitrogens with zero attached hydrogens (tertiary/aromatic N) is 4. The van der Waals surface area contributed by atoms with Gasteiger partial charge in [-0.25, -0.2) is 9.67 Å². The molecule has 0 bridgehead atoms. The molecule has 0 fully saturated rings. The molecule has 104 valence electrons.